The summed E-state index contributed by atoms with van der Waals surface area (Å²) in [5, 5.41) is 7.32. The van der Waals surface area contributed by atoms with Gasteiger partial charge >= 0.3 is 11.9 Å². The highest BCUT2D eigenvalue weighted by Gasteiger charge is 2.52. The highest BCUT2D eigenvalue weighted by atomic mass is 35.5. The second-order valence-electron chi connectivity index (χ2n) is 8.52. The van der Waals surface area contributed by atoms with Crippen LogP contribution in [0.3, 0.4) is 0 Å². The van der Waals surface area contributed by atoms with Crippen molar-refractivity contribution < 1.29 is 26.5 Å². The van der Waals surface area contributed by atoms with Crippen LogP contribution in [0.1, 0.15) is 84.5 Å². The first-order valence-electron chi connectivity index (χ1n) is 10.9. The minimum atomic E-state index is -0.0695. The van der Waals surface area contributed by atoms with Gasteiger partial charge in [0.25, 0.3) is 0 Å². The molecule has 0 aromatic carbocycles. The molecule has 1 saturated heterocycles. The first-order chi connectivity index (χ1) is 12.7. The Morgan fingerprint density at radius 1 is 1.11 bits per heavy atom. The van der Waals surface area contributed by atoms with Crippen LogP contribution in [0.5, 0.6) is 0 Å². The molecule has 0 bridgehead atoms. The maximum absolute atomic E-state index is 12.3. The number of ether oxygens (including phenoxy) is 1. The number of rotatable bonds is 9. The van der Waals surface area contributed by atoms with Crippen LogP contribution in [-0.2, 0) is 9.53 Å². The van der Waals surface area contributed by atoms with Gasteiger partial charge in [-0.1, -0.05) is 51.9 Å². The fourth-order valence-corrected chi connectivity index (χ4v) is 5.29. The summed E-state index contributed by atoms with van der Waals surface area (Å²) >= 11 is 0. The molecule has 3 rings (SSSR count). The predicted molar refractivity (Wildman–Crippen MR) is 104 cm³/mol. The molecule has 156 valence electrons. The first kappa shape index (κ1) is 22.3. The number of guanidine groups is 1. The summed E-state index contributed by atoms with van der Waals surface area (Å²) in [5.74, 6) is 1.04. The summed E-state index contributed by atoms with van der Waals surface area (Å²) in [6.45, 7) is 4.39. The third-order valence-electron chi connectivity index (χ3n) is 6.65. The van der Waals surface area contributed by atoms with Gasteiger partial charge in [-0.3, -0.25) is 20.0 Å². The number of nitrogens with one attached hydrogen (secondary N) is 2. The van der Waals surface area contributed by atoms with E-state index in [0.717, 1.165) is 6.42 Å². The number of carbonyl (C=O) groups is 1. The Bertz CT molecular complexity index is 526. The van der Waals surface area contributed by atoms with Crippen molar-refractivity contribution in [1.82, 2.24) is 10.6 Å². The quantitative estimate of drug-likeness (QED) is 0.330. The minimum Gasteiger partial charge on any atom is -1.00 e. The first-order valence-corrected chi connectivity index (χ1v) is 10.9. The molecule has 2 N–H and O–H groups in total. The van der Waals surface area contributed by atoms with Crippen molar-refractivity contribution >= 4 is 11.9 Å². The fourth-order valence-electron chi connectivity index (χ4n) is 5.29. The van der Waals surface area contributed by atoms with E-state index >= 15 is 0 Å². The number of esters is 1. The van der Waals surface area contributed by atoms with Crippen molar-refractivity contribution in [3.63, 3.8) is 0 Å². The molecule has 0 unspecified atom stereocenters. The zero-order valence-electron chi connectivity index (χ0n) is 17.3. The zero-order chi connectivity index (χ0) is 18.5. The number of halogens is 1. The number of hydrogen-bond donors (Lipinski definition) is 2. The molecule has 0 aliphatic carbocycles. The molecule has 1 fully saturated rings. The number of nitrogens with zero attached hydrogens (tertiary/aromatic N) is 1. The standard InChI is InChI=1S/C21H37N3O2.ClH/c1-4-5-6-7-8-9-10-11-16-14-17-12-13-18-19(20(25)26-3)15(2)22-21(23-16)24(17)18;/h15-19H,4-14H2,1-3H3,(H,22,23);1H/t15-,16+,17-,18-,19+;/m0./s1. The number of hydrogen-bond acceptors (Lipinski definition) is 4. The molecule has 27 heavy (non-hydrogen) atoms. The van der Waals surface area contributed by atoms with E-state index < -0.39 is 0 Å². The lowest BCUT2D eigenvalue weighted by Crippen LogP contribution is -3.00. The van der Waals surface area contributed by atoms with Gasteiger partial charge in [-0.25, -0.2) is 0 Å². The molecular weight excluding hydrogens is 362 g/mol. The number of methoxy groups -OCH3 is 1. The lowest BCUT2D eigenvalue weighted by Gasteiger charge is -2.38. The topological polar surface area (TPSA) is 53.4 Å². The molecule has 0 aromatic heterocycles. The van der Waals surface area contributed by atoms with Crippen molar-refractivity contribution in [2.75, 3.05) is 7.11 Å². The Hall–Kier alpha value is -0.970. The predicted octanol–water partition coefficient (Wildman–Crippen LogP) is 0.173. The van der Waals surface area contributed by atoms with Gasteiger partial charge in [0.15, 0.2) is 0 Å². The van der Waals surface area contributed by atoms with E-state index in [0.29, 0.717) is 18.1 Å². The van der Waals surface area contributed by atoms with Crippen molar-refractivity contribution in [2.24, 2.45) is 5.92 Å². The van der Waals surface area contributed by atoms with Crippen molar-refractivity contribution in [3.8, 4) is 0 Å². The zero-order valence-corrected chi connectivity index (χ0v) is 18.1. The van der Waals surface area contributed by atoms with Crippen LogP contribution in [0.2, 0.25) is 0 Å². The average Bonchev–Trinajstić information content (AvgIpc) is 3.05. The van der Waals surface area contributed by atoms with Crippen LogP contribution in [-0.4, -0.2) is 47.8 Å². The molecule has 0 spiro atoms. The van der Waals surface area contributed by atoms with E-state index in [4.69, 9.17) is 4.74 Å². The van der Waals surface area contributed by atoms with Gasteiger partial charge in [-0.2, -0.15) is 0 Å². The second-order valence-corrected chi connectivity index (χ2v) is 8.52. The summed E-state index contributed by atoms with van der Waals surface area (Å²) in [7, 11) is 1.51. The molecule has 5 nitrogen and oxygen atoms in total. The number of unbranched alkanes of at least 4 members (excludes halogenated alkanes) is 6. The van der Waals surface area contributed by atoms with Gasteiger partial charge < -0.3 is 17.1 Å². The van der Waals surface area contributed by atoms with Gasteiger partial charge in [-0.15, -0.1) is 0 Å². The Morgan fingerprint density at radius 3 is 2.52 bits per heavy atom. The van der Waals surface area contributed by atoms with E-state index in [1.54, 1.807) is 0 Å². The van der Waals surface area contributed by atoms with Crippen molar-refractivity contribution in [2.45, 2.75) is 109 Å². The third kappa shape index (κ3) is 5.10. The maximum atomic E-state index is 12.3. The molecule has 3 aliphatic rings. The third-order valence-corrected chi connectivity index (χ3v) is 6.65. The monoisotopic (exact) mass is 399 g/mol. The maximum Gasteiger partial charge on any atom is 0.346 e. The van der Waals surface area contributed by atoms with Gasteiger partial charge in [-0.05, 0) is 26.2 Å². The van der Waals surface area contributed by atoms with Crippen molar-refractivity contribution in [1.29, 1.82) is 0 Å². The van der Waals surface area contributed by atoms with E-state index in [9.17, 15) is 4.79 Å². The second kappa shape index (κ2) is 10.5. The molecule has 3 aliphatic heterocycles. The Balaban J connectivity index is 0.00000261. The molecular formula is C21H38ClN3O2. The lowest BCUT2D eigenvalue weighted by atomic mass is 9.90. The molecule has 0 saturated carbocycles. The van der Waals surface area contributed by atoms with Crippen LogP contribution in [0.4, 0.5) is 0 Å². The number of carbonyl (C=O) groups excluding carboxylic acids is 1. The summed E-state index contributed by atoms with van der Waals surface area (Å²) in [6, 6.07) is 1.58. The van der Waals surface area contributed by atoms with Crippen LogP contribution in [0.25, 0.3) is 0 Å². The summed E-state index contributed by atoms with van der Waals surface area (Å²) in [6.07, 6.45) is 14.4. The van der Waals surface area contributed by atoms with E-state index in [1.807, 2.05) is 0 Å². The van der Waals surface area contributed by atoms with E-state index in [2.05, 4.69) is 29.1 Å². The Morgan fingerprint density at radius 2 is 1.81 bits per heavy atom. The normalized spacial score (nSPS) is 31.4. The SMILES string of the molecule is CCCCCCCCC[C@@H]1C[C@@H]2CC[C@H]3[C@H](C(=O)OC)[C@H](C)NC(=[N+]23)N1.[Cl-]. The van der Waals surface area contributed by atoms with Gasteiger partial charge in [0.2, 0.25) is 0 Å². The Kier molecular flexibility index (Phi) is 8.71. The highest BCUT2D eigenvalue weighted by molar-refractivity contribution is 5.80. The summed E-state index contributed by atoms with van der Waals surface area (Å²) in [5.41, 5.74) is 0. The highest BCUT2D eigenvalue weighted by Crippen LogP contribution is 2.34. The largest absolute Gasteiger partial charge is 1.00 e. The van der Waals surface area contributed by atoms with E-state index in [-0.39, 0.29) is 30.3 Å². The molecule has 5 atom stereocenters. The van der Waals surface area contributed by atoms with Crippen molar-refractivity contribution in [3.05, 3.63) is 0 Å². The average molecular weight is 400 g/mol. The van der Waals surface area contributed by atoms with Gasteiger partial charge in [0.1, 0.15) is 5.92 Å². The van der Waals surface area contributed by atoms with Crippen LogP contribution in [0.15, 0.2) is 0 Å². The fraction of sp³-hybridized carbons (Fsp3) is 0.905. The summed E-state index contributed by atoms with van der Waals surface area (Å²) in [4.78, 5) is 12.3. The van der Waals surface area contributed by atoms with Gasteiger partial charge in [0, 0.05) is 6.42 Å². The van der Waals surface area contributed by atoms with Crippen LogP contribution < -0.4 is 23.0 Å². The van der Waals surface area contributed by atoms with Crippen LogP contribution in [0, 0.1) is 5.92 Å². The van der Waals surface area contributed by atoms with Crippen LogP contribution >= 0.6 is 0 Å². The summed E-state index contributed by atoms with van der Waals surface area (Å²) < 4.78 is 7.54. The lowest BCUT2D eigenvalue weighted by molar-refractivity contribution is -0.598. The molecule has 0 amide bonds. The smallest absolute Gasteiger partial charge is 0.346 e. The van der Waals surface area contributed by atoms with Gasteiger partial charge in [0.05, 0.1) is 31.3 Å². The molecule has 6 heteroatoms. The van der Waals surface area contributed by atoms with E-state index in [1.165, 1.54) is 77.3 Å². The molecule has 3 heterocycles. The molecule has 0 aromatic rings. The molecule has 0 radical (unpaired) electrons. The minimum absolute atomic E-state index is 0. The Labute approximate surface area is 171 Å².